The Morgan fingerprint density at radius 2 is 1.81 bits per heavy atom. The first kappa shape index (κ1) is 16.9. The molecule has 0 aliphatic carbocycles. The van der Waals surface area contributed by atoms with Gasteiger partial charge in [0.15, 0.2) is 5.82 Å². The normalized spacial score (nSPS) is 14.7. The van der Waals surface area contributed by atoms with Gasteiger partial charge >= 0.3 is 0 Å². The molecule has 5 nitrogen and oxygen atoms in total. The van der Waals surface area contributed by atoms with Crippen LogP contribution in [0.4, 0.5) is 5.82 Å². The van der Waals surface area contributed by atoms with Crippen LogP contribution in [0.1, 0.15) is 35.6 Å². The summed E-state index contributed by atoms with van der Waals surface area (Å²) in [6, 6.07) is 7.85. The van der Waals surface area contributed by atoms with E-state index < -0.39 is 0 Å². The monoisotopic (exact) mass is 365 g/mol. The maximum atomic E-state index is 6.20. The molecule has 1 aliphatic rings. The van der Waals surface area contributed by atoms with Gasteiger partial charge in [0, 0.05) is 19.2 Å². The zero-order chi connectivity index (χ0) is 18.1. The van der Waals surface area contributed by atoms with Crippen LogP contribution in [-0.2, 0) is 0 Å². The molecule has 3 heterocycles. The molecule has 4 rings (SSSR count). The zero-order valence-corrected chi connectivity index (χ0v) is 15.7. The predicted octanol–water partition coefficient (Wildman–Crippen LogP) is 4.46. The second-order valence-corrected chi connectivity index (χ2v) is 6.96. The molecule has 1 saturated heterocycles. The van der Waals surface area contributed by atoms with E-state index in [0.717, 1.165) is 46.9 Å². The molecule has 0 radical (unpaired) electrons. The van der Waals surface area contributed by atoms with Crippen molar-refractivity contribution in [2.75, 3.05) is 18.0 Å². The molecule has 0 amide bonds. The van der Waals surface area contributed by atoms with Gasteiger partial charge < -0.3 is 4.90 Å². The topological polar surface area (TPSA) is 54.8 Å². The molecule has 3 aromatic rings. The third-order valence-corrected chi connectivity index (χ3v) is 4.82. The Balaban J connectivity index is 1.68. The number of para-hydroxylation sites is 1. The second-order valence-electron chi connectivity index (χ2n) is 6.57. The molecule has 0 bridgehead atoms. The number of hydrogen-bond acceptors (Lipinski definition) is 5. The highest BCUT2D eigenvalue weighted by Crippen LogP contribution is 2.22. The Bertz CT molecular complexity index is 993. The quantitative estimate of drug-likeness (QED) is 0.641. The van der Waals surface area contributed by atoms with Crippen molar-refractivity contribution < 1.29 is 0 Å². The summed E-state index contributed by atoms with van der Waals surface area (Å²) in [5, 5.41) is 0.457. The third kappa shape index (κ3) is 3.40. The maximum absolute atomic E-state index is 6.20. The lowest BCUT2D eigenvalue weighted by atomic mass is 10.2. The molecule has 0 N–H and O–H groups in total. The summed E-state index contributed by atoms with van der Waals surface area (Å²) in [4.78, 5) is 20.6. The first-order valence-corrected chi connectivity index (χ1v) is 9.19. The van der Waals surface area contributed by atoms with E-state index in [-0.39, 0.29) is 0 Å². The number of fused-ring (bicyclic) bond motifs is 1. The minimum atomic E-state index is 0.457. The Kier molecular flexibility index (Phi) is 4.55. The van der Waals surface area contributed by atoms with Crippen molar-refractivity contribution in [3.63, 3.8) is 0 Å². The Morgan fingerprint density at radius 1 is 1.00 bits per heavy atom. The van der Waals surface area contributed by atoms with Gasteiger partial charge in [-0.2, -0.15) is 0 Å². The van der Waals surface area contributed by atoms with Gasteiger partial charge in [-0.25, -0.2) is 19.9 Å². The van der Waals surface area contributed by atoms with E-state index in [9.17, 15) is 0 Å². The molecule has 6 heteroatoms. The van der Waals surface area contributed by atoms with Gasteiger partial charge in [-0.3, -0.25) is 0 Å². The minimum absolute atomic E-state index is 0.457. The largest absolute Gasteiger partial charge is 0.356 e. The Hall–Kier alpha value is -2.53. The Morgan fingerprint density at radius 3 is 2.62 bits per heavy atom. The van der Waals surface area contributed by atoms with Crippen molar-refractivity contribution in [1.29, 1.82) is 0 Å². The molecule has 0 saturated carbocycles. The van der Waals surface area contributed by atoms with E-state index in [1.54, 1.807) is 0 Å². The lowest BCUT2D eigenvalue weighted by molar-refractivity contribution is 0.923. The van der Waals surface area contributed by atoms with Crippen LogP contribution >= 0.6 is 11.6 Å². The van der Waals surface area contributed by atoms with E-state index in [0.29, 0.717) is 11.0 Å². The van der Waals surface area contributed by atoms with Crippen LogP contribution in [0.2, 0.25) is 5.15 Å². The predicted molar refractivity (Wildman–Crippen MR) is 106 cm³/mol. The van der Waals surface area contributed by atoms with Crippen LogP contribution in [0.25, 0.3) is 23.2 Å². The zero-order valence-electron chi connectivity index (χ0n) is 14.9. The average molecular weight is 366 g/mol. The van der Waals surface area contributed by atoms with Crippen LogP contribution in [0.5, 0.6) is 0 Å². The lowest BCUT2D eigenvalue weighted by Gasteiger charge is -2.16. The molecule has 0 spiro atoms. The van der Waals surface area contributed by atoms with E-state index in [2.05, 4.69) is 14.9 Å². The van der Waals surface area contributed by atoms with Gasteiger partial charge in [0.05, 0.1) is 22.4 Å². The lowest BCUT2D eigenvalue weighted by Crippen LogP contribution is -2.19. The molecular formula is C20H20ClN5. The van der Waals surface area contributed by atoms with Crippen LogP contribution < -0.4 is 4.90 Å². The highest BCUT2D eigenvalue weighted by Gasteiger charge is 2.15. The van der Waals surface area contributed by atoms with Crippen molar-refractivity contribution in [2.24, 2.45) is 0 Å². The fourth-order valence-electron chi connectivity index (χ4n) is 3.23. The summed E-state index contributed by atoms with van der Waals surface area (Å²) < 4.78 is 0. The number of aromatic nitrogens is 4. The van der Waals surface area contributed by atoms with E-state index in [1.165, 1.54) is 12.8 Å². The summed E-state index contributed by atoms with van der Waals surface area (Å²) in [7, 11) is 0. The molecule has 1 fully saturated rings. The SMILES string of the molecule is Cc1nc2c(C)cccc2nc1/C=C/c1nc(Cl)cc(N2CCCC2)n1. The van der Waals surface area contributed by atoms with Gasteiger partial charge in [0.2, 0.25) is 0 Å². The van der Waals surface area contributed by atoms with E-state index in [1.807, 2.05) is 50.3 Å². The van der Waals surface area contributed by atoms with Crippen LogP contribution in [0, 0.1) is 13.8 Å². The number of nitrogens with zero attached hydrogens (tertiary/aromatic N) is 5. The highest BCUT2D eigenvalue weighted by atomic mass is 35.5. The first-order valence-electron chi connectivity index (χ1n) is 8.82. The van der Waals surface area contributed by atoms with Gasteiger partial charge in [0.25, 0.3) is 0 Å². The summed E-state index contributed by atoms with van der Waals surface area (Å²) in [6.07, 6.45) is 6.14. The van der Waals surface area contributed by atoms with E-state index in [4.69, 9.17) is 21.6 Å². The molecule has 2 aromatic heterocycles. The molecular weight excluding hydrogens is 346 g/mol. The summed E-state index contributed by atoms with van der Waals surface area (Å²) >= 11 is 6.20. The number of rotatable bonds is 3. The molecule has 1 aromatic carbocycles. The van der Waals surface area contributed by atoms with Gasteiger partial charge in [-0.05, 0) is 50.5 Å². The molecule has 26 heavy (non-hydrogen) atoms. The number of hydrogen-bond donors (Lipinski definition) is 0. The number of benzene rings is 1. The smallest absolute Gasteiger partial charge is 0.156 e. The fourth-order valence-corrected chi connectivity index (χ4v) is 3.42. The van der Waals surface area contributed by atoms with Crippen molar-refractivity contribution >= 4 is 40.6 Å². The van der Waals surface area contributed by atoms with Gasteiger partial charge in [-0.15, -0.1) is 0 Å². The van der Waals surface area contributed by atoms with Crippen LogP contribution in [0.3, 0.4) is 0 Å². The Labute approximate surface area is 157 Å². The van der Waals surface area contributed by atoms with E-state index >= 15 is 0 Å². The van der Waals surface area contributed by atoms with Crippen LogP contribution in [-0.4, -0.2) is 33.0 Å². The minimum Gasteiger partial charge on any atom is -0.356 e. The van der Waals surface area contributed by atoms with Crippen LogP contribution in [0.15, 0.2) is 24.3 Å². The fraction of sp³-hybridized carbons (Fsp3) is 0.300. The van der Waals surface area contributed by atoms with Crippen molar-refractivity contribution in [2.45, 2.75) is 26.7 Å². The standard InChI is InChI=1S/C20H20ClN5/c1-13-6-5-7-16-20(13)22-14(2)15(23-16)8-9-18-24-17(21)12-19(25-18)26-10-3-4-11-26/h5-9,12H,3-4,10-11H2,1-2H3/b9-8+. The maximum Gasteiger partial charge on any atom is 0.156 e. The third-order valence-electron chi connectivity index (χ3n) is 4.63. The molecule has 0 atom stereocenters. The van der Waals surface area contributed by atoms with Gasteiger partial charge in [-0.1, -0.05) is 23.7 Å². The summed E-state index contributed by atoms with van der Waals surface area (Å²) in [6.45, 7) is 6.05. The molecule has 132 valence electrons. The number of halogens is 1. The van der Waals surface area contributed by atoms with Crippen molar-refractivity contribution in [3.05, 3.63) is 52.2 Å². The van der Waals surface area contributed by atoms with Gasteiger partial charge in [0.1, 0.15) is 11.0 Å². The highest BCUT2D eigenvalue weighted by molar-refractivity contribution is 6.29. The average Bonchev–Trinajstić information content (AvgIpc) is 3.15. The first-order chi connectivity index (χ1) is 12.6. The second kappa shape index (κ2) is 7.00. The summed E-state index contributed by atoms with van der Waals surface area (Å²) in [5.74, 6) is 1.48. The molecule has 0 unspecified atom stereocenters. The van der Waals surface area contributed by atoms with Crippen molar-refractivity contribution in [1.82, 2.24) is 19.9 Å². The number of anilines is 1. The molecule has 1 aliphatic heterocycles. The van der Waals surface area contributed by atoms with Crippen molar-refractivity contribution in [3.8, 4) is 0 Å². The summed E-state index contributed by atoms with van der Waals surface area (Å²) in [5.41, 5.74) is 4.65. The number of aryl methyl sites for hydroxylation is 2.